The minimum Gasteiger partial charge on any atom is -0.390 e. The van der Waals surface area contributed by atoms with Crippen molar-refractivity contribution in [2.24, 2.45) is 0 Å². The van der Waals surface area contributed by atoms with Crippen molar-refractivity contribution >= 4 is 0 Å². The molecule has 0 atom stereocenters. The van der Waals surface area contributed by atoms with E-state index in [0.717, 1.165) is 5.56 Å². The molecular weight excluding hydrogens is 281 g/mol. The Bertz CT molecular complexity index is 781. The second-order valence-electron chi connectivity index (χ2n) is 5.17. The Kier molecular flexibility index (Phi) is 3.98. The van der Waals surface area contributed by atoms with Crippen molar-refractivity contribution in [2.45, 2.75) is 20.1 Å². The molecule has 2 aromatic carbocycles. The molecule has 4 nitrogen and oxygen atoms in total. The summed E-state index contributed by atoms with van der Waals surface area (Å²) in [5.41, 5.74) is 3.49. The van der Waals surface area contributed by atoms with Crippen LogP contribution >= 0.6 is 0 Å². The van der Waals surface area contributed by atoms with Gasteiger partial charge >= 0.3 is 0 Å². The van der Waals surface area contributed by atoms with Gasteiger partial charge in [-0.05, 0) is 24.6 Å². The van der Waals surface area contributed by atoms with E-state index < -0.39 is 0 Å². The first-order chi connectivity index (χ1) is 10.7. The predicted octanol–water partition coefficient (Wildman–Crippen LogP) is 2.93. The van der Waals surface area contributed by atoms with Crippen molar-refractivity contribution in [2.75, 3.05) is 0 Å². The van der Waals surface area contributed by atoms with Gasteiger partial charge in [-0.3, -0.25) is 0 Å². The van der Waals surface area contributed by atoms with Crippen LogP contribution in [0.15, 0.2) is 48.5 Å². The Balaban J connectivity index is 2.04. The Hall–Kier alpha value is -2.53. The standard InChI is InChI=1S/C17H16FN3O/c1-12-6-8-13(9-7-12)10-21-17(16(11-22)19-20-21)14-4-2-3-5-15(14)18/h2-9,22H,10-11H2,1H3. The first kappa shape index (κ1) is 14.4. The number of aromatic nitrogens is 3. The largest absolute Gasteiger partial charge is 0.390 e. The number of aliphatic hydroxyl groups is 1. The summed E-state index contributed by atoms with van der Waals surface area (Å²) in [7, 11) is 0. The topological polar surface area (TPSA) is 50.9 Å². The normalized spacial score (nSPS) is 10.9. The number of aryl methyl sites for hydroxylation is 1. The van der Waals surface area contributed by atoms with Gasteiger partial charge in [-0.2, -0.15) is 0 Å². The fourth-order valence-electron chi connectivity index (χ4n) is 2.38. The summed E-state index contributed by atoms with van der Waals surface area (Å²) in [6.07, 6.45) is 0. The third-order valence-corrected chi connectivity index (χ3v) is 3.54. The summed E-state index contributed by atoms with van der Waals surface area (Å²) in [6.45, 7) is 2.21. The van der Waals surface area contributed by atoms with Crippen LogP contribution in [0.1, 0.15) is 16.8 Å². The fraction of sp³-hybridized carbons (Fsp3) is 0.176. The number of benzene rings is 2. The highest BCUT2D eigenvalue weighted by molar-refractivity contribution is 5.62. The average Bonchev–Trinajstić information content (AvgIpc) is 2.93. The van der Waals surface area contributed by atoms with Gasteiger partial charge in [0.15, 0.2) is 0 Å². The molecule has 3 aromatic rings. The molecule has 0 saturated heterocycles. The lowest BCUT2D eigenvalue weighted by atomic mass is 10.1. The van der Waals surface area contributed by atoms with Crippen LogP contribution in [0.4, 0.5) is 4.39 Å². The lowest BCUT2D eigenvalue weighted by Crippen LogP contribution is -2.05. The van der Waals surface area contributed by atoms with Crippen molar-refractivity contribution < 1.29 is 9.50 Å². The van der Waals surface area contributed by atoms with E-state index in [0.29, 0.717) is 23.5 Å². The molecular formula is C17H16FN3O. The van der Waals surface area contributed by atoms with Crippen LogP contribution < -0.4 is 0 Å². The summed E-state index contributed by atoms with van der Waals surface area (Å²) in [4.78, 5) is 0. The molecule has 0 unspecified atom stereocenters. The minimum atomic E-state index is -0.357. The van der Waals surface area contributed by atoms with E-state index >= 15 is 0 Å². The van der Waals surface area contributed by atoms with Crippen molar-refractivity contribution in [3.8, 4) is 11.3 Å². The van der Waals surface area contributed by atoms with Gasteiger partial charge in [-0.15, -0.1) is 5.10 Å². The molecule has 1 N–H and O–H groups in total. The molecule has 22 heavy (non-hydrogen) atoms. The molecule has 0 saturated carbocycles. The lowest BCUT2D eigenvalue weighted by Gasteiger charge is -2.09. The van der Waals surface area contributed by atoms with Gasteiger partial charge in [0, 0.05) is 5.56 Å². The van der Waals surface area contributed by atoms with Crippen LogP contribution in [0, 0.1) is 12.7 Å². The molecule has 112 valence electrons. The summed E-state index contributed by atoms with van der Waals surface area (Å²) < 4.78 is 15.7. The number of nitrogens with zero attached hydrogens (tertiary/aromatic N) is 3. The summed E-state index contributed by atoms with van der Waals surface area (Å²) in [6, 6.07) is 14.5. The second kappa shape index (κ2) is 6.07. The van der Waals surface area contributed by atoms with E-state index in [-0.39, 0.29) is 12.4 Å². The van der Waals surface area contributed by atoms with Gasteiger partial charge in [0.25, 0.3) is 0 Å². The van der Waals surface area contributed by atoms with E-state index in [1.54, 1.807) is 22.9 Å². The van der Waals surface area contributed by atoms with Crippen molar-refractivity contribution in [1.29, 1.82) is 0 Å². The minimum absolute atomic E-state index is 0.280. The highest BCUT2D eigenvalue weighted by atomic mass is 19.1. The maximum Gasteiger partial charge on any atom is 0.132 e. The Morgan fingerprint density at radius 3 is 2.50 bits per heavy atom. The summed E-state index contributed by atoms with van der Waals surface area (Å²) in [5.74, 6) is -0.357. The highest BCUT2D eigenvalue weighted by Gasteiger charge is 2.17. The molecule has 0 aliphatic heterocycles. The van der Waals surface area contributed by atoms with Gasteiger partial charge in [-0.1, -0.05) is 47.2 Å². The third kappa shape index (κ3) is 2.76. The molecule has 0 aliphatic carbocycles. The van der Waals surface area contributed by atoms with Gasteiger partial charge in [-0.25, -0.2) is 9.07 Å². The van der Waals surface area contributed by atoms with Crippen molar-refractivity contribution in [3.63, 3.8) is 0 Å². The molecule has 0 bridgehead atoms. The smallest absolute Gasteiger partial charge is 0.132 e. The van der Waals surface area contributed by atoms with Crippen LogP contribution in [0.5, 0.6) is 0 Å². The molecule has 0 aliphatic rings. The third-order valence-electron chi connectivity index (χ3n) is 3.54. The first-order valence-electron chi connectivity index (χ1n) is 7.02. The molecule has 5 heteroatoms. The average molecular weight is 297 g/mol. The van der Waals surface area contributed by atoms with Crippen LogP contribution in [-0.4, -0.2) is 20.1 Å². The molecule has 0 spiro atoms. The zero-order valence-electron chi connectivity index (χ0n) is 12.2. The van der Waals surface area contributed by atoms with Crippen molar-refractivity contribution in [1.82, 2.24) is 15.0 Å². The molecule has 1 heterocycles. The number of aliphatic hydroxyl groups excluding tert-OH is 1. The number of hydrogen-bond acceptors (Lipinski definition) is 3. The number of halogens is 1. The molecule has 0 fully saturated rings. The van der Waals surface area contributed by atoms with E-state index in [1.165, 1.54) is 11.6 Å². The number of rotatable bonds is 4. The van der Waals surface area contributed by atoms with Gasteiger partial charge in [0.05, 0.1) is 18.8 Å². The van der Waals surface area contributed by atoms with E-state index in [9.17, 15) is 9.50 Å². The van der Waals surface area contributed by atoms with Gasteiger partial charge in [0.2, 0.25) is 0 Å². The van der Waals surface area contributed by atoms with Crippen LogP contribution in [-0.2, 0) is 13.2 Å². The van der Waals surface area contributed by atoms with E-state index in [4.69, 9.17) is 0 Å². The lowest BCUT2D eigenvalue weighted by molar-refractivity contribution is 0.277. The zero-order valence-corrected chi connectivity index (χ0v) is 12.2. The van der Waals surface area contributed by atoms with E-state index in [1.807, 2.05) is 31.2 Å². The fourth-order valence-corrected chi connectivity index (χ4v) is 2.38. The first-order valence-corrected chi connectivity index (χ1v) is 7.02. The molecule has 1 aromatic heterocycles. The maximum atomic E-state index is 14.1. The number of hydrogen-bond donors (Lipinski definition) is 1. The zero-order chi connectivity index (χ0) is 15.5. The summed E-state index contributed by atoms with van der Waals surface area (Å²) in [5, 5.41) is 17.5. The Morgan fingerprint density at radius 1 is 1.09 bits per heavy atom. The maximum absolute atomic E-state index is 14.1. The quantitative estimate of drug-likeness (QED) is 0.805. The summed E-state index contributed by atoms with van der Waals surface area (Å²) >= 11 is 0. The molecule has 0 radical (unpaired) electrons. The molecule has 3 rings (SSSR count). The predicted molar refractivity (Wildman–Crippen MR) is 81.6 cm³/mol. The highest BCUT2D eigenvalue weighted by Crippen LogP contribution is 2.25. The Labute approximate surface area is 127 Å². The second-order valence-corrected chi connectivity index (χ2v) is 5.17. The van der Waals surface area contributed by atoms with Crippen LogP contribution in [0.2, 0.25) is 0 Å². The SMILES string of the molecule is Cc1ccc(Cn2nnc(CO)c2-c2ccccc2F)cc1. The molecule has 0 amide bonds. The Morgan fingerprint density at radius 2 is 1.82 bits per heavy atom. The van der Waals surface area contributed by atoms with Crippen molar-refractivity contribution in [3.05, 3.63) is 71.2 Å². The van der Waals surface area contributed by atoms with Gasteiger partial charge < -0.3 is 5.11 Å². The van der Waals surface area contributed by atoms with E-state index in [2.05, 4.69) is 10.3 Å². The van der Waals surface area contributed by atoms with Crippen LogP contribution in [0.3, 0.4) is 0 Å². The van der Waals surface area contributed by atoms with Gasteiger partial charge in [0.1, 0.15) is 11.5 Å². The van der Waals surface area contributed by atoms with Crippen LogP contribution in [0.25, 0.3) is 11.3 Å². The monoisotopic (exact) mass is 297 g/mol.